The van der Waals surface area contributed by atoms with Crippen molar-refractivity contribution >= 4 is 28.9 Å². The van der Waals surface area contributed by atoms with E-state index in [1.54, 1.807) is 42.5 Å². The number of fused-ring (bicyclic) bond motifs is 1. The number of hydrogen-bond donors (Lipinski definition) is 1. The van der Waals surface area contributed by atoms with E-state index in [9.17, 15) is 9.59 Å². The van der Waals surface area contributed by atoms with Crippen LogP contribution in [0.1, 0.15) is 31.8 Å². The van der Waals surface area contributed by atoms with Gasteiger partial charge in [0, 0.05) is 5.56 Å². The number of nitrogens with zero attached hydrogens (tertiary/aromatic N) is 1. The smallest absolute Gasteiger partial charge is 0.344 e. The quantitative estimate of drug-likeness (QED) is 0.215. The maximum atomic E-state index is 12.6. The van der Waals surface area contributed by atoms with Crippen LogP contribution in [0.15, 0.2) is 96.1 Å². The summed E-state index contributed by atoms with van der Waals surface area (Å²) in [5, 5.41) is 5.81. The summed E-state index contributed by atoms with van der Waals surface area (Å²) in [7, 11) is 0. The van der Waals surface area contributed by atoms with Crippen LogP contribution in [-0.2, 0) is 0 Å². The number of benzene rings is 4. The van der Waals surface area contributed by atoms with Crippen LogP contribution in [0.2, 0.25) is 0 Å². The largest absolute Gasteiger partial charge is 0.423 e. The van der Waals surface area contributed by atoms with Crippen LogP contribution in [0.4, 0.5) is 0 Å². The average Bonchev–Trinajstić information content (AvgIpc) is 2.80. The zero-order valence-corrected chi connectivity index (χ0v) is 16.9. The van der Waals surface area contributed by atoms with Gasteiger partial charge in [0.15, 0.2) is 0 Å². The number of rotatable bonds is 5. The van der Waals surface area contributed by atoms with Crippen molar-refractivity contribution in [3.63, 3.8) is 0 Å². The number of carbonyl (C=O) groups excluding carboxylic acids is 2. The predicted octanol–water partition coefficient (Wildman–Crippen LogP) is 5.13. The number of hydrogen-bond acceptors (Lipinski definition) is 4. The molecule has 0 aliphatic heterocycles. The lowest BCUT2D eigenvalue weighted by atomic mass is 10.0. The number of amides is 1. The number of aryl methyl sites for hydroxylation is 1. The highest BCUT2D eigenvalue weighted by molar-refractivity contribution is 6.05. The molecule has 4 rings (SSSR count). The van der Waals surface area contributed by atoms with Gasteiger partial charge in [-0.3, -0.25) is 4.79 Å². The number of nitrogens with one attached hydrogen (secondary N) is 1. The van der Waals surface area contributed by atoms with Crippen molar-refractivity contribution in [2.24, 2.45) is 5.10 Å². The first-order valence-electron chi connectivity index (χ1n) is 9.80. The van der Waals surface area contributed by atoms with Crippen molar-refractivity contribution in [3.05, 3.63) is 113 Å². The highest BCUT2D eigenvalue weighted by Crippen LogP contribution is 2.21. The summed E-state index contributed by atoms with van der Waals surface area (Å²) in [5.74, 6) is -0.265. The van der Waals surface area contributed by atoms with E-state index >= 15 is 0 Å². The van der Waals surface area contributed by atoms with Crippen LogP contribution in [0.5, 0.6) is 5.75 Å². The maximum absolute atomic E-state index is 12.6. The standard InChI is InChI=1S/C26H20N2O3/c1-18-9-13-21(14-10-18)25(29)28-27-17-19-11-15-22(16-12-19)31-26(30)24-8-4-6-20-5-2-3-7-23(20)24/h2-17H,1H3,(H,28,29)/b27-17+. The Morgan fingerprint density at radius 3 is 2.32 bits per heavy atom. The van der Waals surface area contributed by atoms with Gasteiger partial charge in [0.1, 0.15) is 5.75 Å². The second-order valence-corrected chi connectivity index (χ2v) is 7.05. The summed E-state index contributed by atoms with van der Waals surface area (Å²) >= 11 is 0. The van der Waals surface area contributed by atoms with Crippen molar-refractivity contribution in [1.29, 1.82) is 0 Å². The molecule has 5 heteroatoms. The van der Waals surface area contributed by atoms with E-state index in [0.717, 1.165) is 21.9 Å². The minimum atomic E-state index is -0.413. The van der Waals surface area contributed by atoms with Gasteiger partial charge in [-0.1, -0.05) is 54.1 Å². The van der Waals surface area contributed by atoms with E-state index in [2.05, 4.69) is 10.5 Å². The molecule has 0 saturated heterocycles. The molecular formula is C26H20N2O3. The van der Waals surface area contributed by atoms with Crippen LogP contribution in [0.3, 0.4) is 0 Å². The number of esters is 1. The van der Waals surface area contributed by atoms with Gasteiger partial charge in [-0.15, -0.1) is 0 Å². The molecule has 0 aromatic heterocycles. The van der Waals surface area contributed by atoms with Crippen LogP contribution in [-0.4, -0.2) is 18.1 Å². The zero-order valence-electron chi connectivity index (χ0n) is 16.9. The molecule has 152 valence electrons. The third-order valence-electron chi connectivity index (χ3n) is 4.79. The second-order valence-electron chi connectivity index (χ2n) is 7.05. The van der Waals surface area contributed by atoms with Crippen molar-refractivity contribution < 1.29 is 14.3 Å². The molecule has 0 unspecified atom stereocenters. The third-order valence-corrected chi connectivity index (χ3v) is 4.79. The first-order valence-corrected chi connectivity index (χ1v) is 9.80. The van der Waals surface area contributed by atoms with E-state index in [4.69, 9.17) is 4.74 Å². The molecule has 0 spiro atoms. The molecule has 0 fully saturated rings. The number of carbonyl (C=O) groups is 2. The van der Waals surface area contributed by atoms with Crippen LogP contribution in [0.25, 0.3) is 10.8 Å². The van der Waals surface area contributed by atoms with E-state index < -0.39 is 5.97 Å². The Kier molecular flexibility index (Phi) is 5.85. The van der Waals surface area contributed by atoms with E-state index in [1.807, 2.05) is 55.5 Å². The second kappa shape index (κ2) is 9.05. The maximum Gasteiger partial charge on any atom is 0.344 e. The fraction of sp³-hybridized carbons (Fsp3) is 0.0385. The van der Waals surface area contributed by atoms with Crippen molar-refractivity contribution in [2.45, 2.75) is 6.92 Å². The Balaban J connectivity index is 1.39. The summed E-state index contributed by atoms with van der Waals surface area (Å²) in [6.45, 7) is 1.96. The summed E-state index contributed by atoms with van der Waals surface area (Å²) in [4.78, 5) is 24.7. The van der Waals surface area contributed by atoms with Crippen LogP contribution >= 0.6 is 0 Å². The third kappa shape index (κ3) is 4.85. The van der Waals surface area contributed by atoms with Gasteiger partial charge in [-0.25, -0.2) is 10.2 Å². The SMILES string of the molecule is Cc1ccc(C(=O)N/N=C/c2ccc(OC(=O)c3cccc4ccccc34)cc2)cc1. The Labute approximate surface area is 180 Å². The average molecular weight is 408 g/mol. The minimum absolute atomic E-state index is 0.281. The molecular weight excluding hydrogens is 388 g/mol. The molecule has 0 bridgehead atoms. The molecule has 0 atom stereocenters. The highest BCUT2D eigenvalue weighted by Gasteiger charge is 2.12. The van der Waals surface area contributed by atoms with E-state index in [1.165, 1.54) is 6.21 Å². The Bertz CT molecular complexity index is 1250. The Morgan fingerprint density at radius 1 is 0.839 bits per heavy atom. The molecule has 0 heterocycles. The Morgan fingerprint density at radius 2 is 1.55 bits per heavy atom. The first kappa shape index (κ1) is 20.0. The van der Waals surface area contributed by atoms with Gasteiger partial charge in [-0.2, -0.15) is 5.10 Å². The molecule has 31 heavy (non-hydrogen) atoms. The fourth-order valence-electron chi connectivity index (χ4n) is 3.12. The Hall–Kier alpha value is -4.25. The first-order chi connectivity index (χ1) is 15.1. The summed E-state index contributed by atoms with van der Waals surface area (Å²) in [5.41, 5.74) is 5.40. The topological polar surface area (TPSA) is 67.8 Å². The fourth-order valence-corrected chi connectivity index (χ4v) is 3.12. The van der Waals surface area contributed by atoms with Gasteiger partial charge in [-0.05, 0) is 65.7 Å². The van der Waals surface area contributed by atoms with Gasteiger partial charge in [0.25, 0.3) is 5.91 Å². The van der Waals surface area contributed by atoms with Crippen molar-refractivity contribution in [1.82, 2.24) is 5.43 Å². The summed E-state index contributed by atoms with van der Waals surface area (Å²) in [6.07, 6.45) is 1.53. The van der Waals surface area contributed by atoms with Crippen molar-refractivity contribution in [2.75, 3.05) is 0 Å². The van der Waals surface area contributed by atoms with E-state index in [0.29, 0.717) is 16.9 Å². The lowest BCUT2D eigenvalue weighted by Gasteiger charge is -2.07. The normalized spacial score (nSPS) is 10.9. The molecule has 0 aliphatic carbocycles. The number of hydrazone groups is 1. The summed E-state index contributed by atoms with van der Waals surface area (Å²) < 4.78 is 5.52. The van der Waals surface area contributed by atoms with Gasteiger partial charge in [0.2, 0.25) is 0 Å². The molecule has 0 saturated carbocycles. The molecule has 4 aromatic carbocycles. The molecule has 1 N–H and O–H groups in total. The molecule has 1 amide bonds. The van der Waals surface area contributed by atoms with Gasteiger partial charge >= 0.3 is 5.97 Å². The highest BCUT2D eigenvalue weighted by atomic mass is 16.5. The zero-order chi connectivity index (χ0) is 21.6. The van der Waals surface area contributed by atoms with E-state index in [-0.39, 0.29) is 5.91 Å². The van der Waals surface area contributed by atoms with Crippen LogP contribution < -0.4 is 10.2 Å². The van der Waals surface area contributed by atoms with Gasteiger partial charge in [0.05, 0.1) is 11.8 Å². The van der Waals surface area contributed by atoms with Crippen LogP contribution in [0, 0.1) is 6.92 Å². The predicted molar refractivity (Wildman–Crippen MR) is 122 cm³/mol. The molecule has 0 aliphatic rings. The molecule has 4 aromatic rings. The van der Waals surface area contributed by atoms with Gasteiger partial charge < -0.3 is 4.74 Å². The monoisotopic (exact) mass is 408 g/mol. The van der Waals surface area contributed by atoms with Crippen molar-refractivity contribution in [3.8, 4) is 5.75 Å². The number of ether oxygens (including phenoxy) is 1. The lowest BCUT2D eigenvalue weighted by molar-refractivity contribution is 0.0736. The molecule has 5 nitrogen and oxygen atoms in total. The minimum Gasteiger partial charge on any atom is -0.423 e. The molecule has 0 radical (unpaired) electrons. The lowest BCUT2D eigenvalue weighted by Crippen LogP contribution is -2.17. The summed E-state index contributed by atoms with van der Waals surface area (Å²) in [6, 6.07) is 27.4.